The molecule has 0 heterocycles. The summed E-state index contributed by atoms with van der Waals surface area (Å²) in [7, 11) is 0. The molecular formula is C12H21N3O3S. The molecule has 1 saturated carbocycles. The van der Waals surface area contributed by atoms with Crippen LogP contribution >= 0.6 is 12.2 Å². The molecule has 0 aromatic carbocycles. The lowest BCUT2D eigenvalue weighted by molar-refractivity contribution is -0.139. The predicted molar refractivity (Wildman–Crippen MR) is 75.6 cm³/mol. The molecule has 1 fully saturated rings. The SMILES string of the molecule is NC(=S)CNC(=O)C(=O)NCCOC1CCCCC1. The molecule has 19 heavy (non-hydrogen) atoms. The summed E-state index contributed by atoms with van der Waals surface area (Å²) in [6, 6.07) is 0. The van der Waals surface area contributed by atoms with E-state index in [1.807, 2.05) is 0 Å². The molecule has 4 N–H and O–H groups in total. The minimum atomic E-state index is -0.731. The molecule has 108 valence electrons. The molecule has 0 spiro atoms. The number of nitrogens with one attached hydrogen (secondary N) is 2. The van der Waals surface area contributed by atoms with Gasteiger partial charge in [-0.1, -0.05) is 31.5 Å². The highest BCUT2D eigenvalue weighted by Crippen LogP contribution is 2.19. The smallest absolute Gasteiger partial charge is 0.309 e. The highest BCUT2D eigenvalue weighted by Gasteiger charge is 2.15. The first-order chi connectivity index (χ1) is 9.09. The summed E-state index contributed by atoms with van der Waals surface area (Å²) in [5.74, 6) is -1.42. The summed E-state index contributed by atoms with van der Waals surface area (Å²) in [6.45, 7) is 0.787. The summed E-state index contributed by atoms with van der Waals surface area (Å²) in [6.07, 6.45) is 6.16. The Morgan fingerprint density at radius 2 is 1.79 bits per heavy atom. The van der Waals surface area contributed by atoms with Crippen molar-refractivity contribution in [1.29, 1.82) is 0 Å². The normalized spacial score (nSPS) is 15.8. The van der Waals surface area contributed by atoms with E-state index < -0.39 is 11.8 Å². The van der Waals surface area contributed by atoms with Crippen molar-refractivity contribution in [2.24, 2.45) is 5.73 Å². The van der Waals surface area contributed by atoms with Gasteiger partial charge < -0.3 is 21.1 Å². The van der Waals surface area contributed by atoms with Crippen molar-refractivity contribution in [2.75, 3.05) is 19.7 Å². The third-order valence-corrected chi connectivity index (χ3v) is 3.07. The Labute approximate surface area is 118 Å². The Balaban J connectivity index is 2.05. The largest absolute Gasteiger partial charge is 0.392 e. The van der Waals surface area contributed by atoms with E-state index in [2.05, 4.69) is 22.9 Å². The molecule has 0 saturated heterocycles. The highest BCUT2D eigenvalue weighted by molar-refractivity contribution is 7.80. The van der Waals surface area contributed by atoms with Crippen molar-refractivity contribution in [3.63, 3.8) is 0 Å². The molecule has 0 aromatic rings. The second kappa shape index (κ2) is 8.82. The fourth-order valence-electron chi connectivity index (χ4n) is 1.95. The van der Waals surface area contributed by atoms with Crippen molar-refractivity contribution in [3.05, 3.63) is 0 Å². The minimum absolute atomic E-state index is 0.0279. The average Bonchev–Trinajstić information content (AvgIpc) is 2.41. The number of thiocarbonyl (C=S) groups is 1. The van der Waals surface area contributed by atoms with Crippen LogP contribution in [-0.2, 0) is 14.3 Å². The van der Waals surface area contributed by atoms with Crippen LogP contribution in [0.3, 0.4) is 0 Å². The molecule has 1 rings (SSSR count). The van der Waals surface area contributed by atoms with Crippen molar-refractivity contribution < 1.29 is 14.3 Å². The second-order valence-electron chi connectivity index (χ2n) is 4.54. The van der Waals surface area contributed by atoms with Gasteiger partial charge >= 0.3 is 11.8 Å². The van der Waals surface area contributed by atoms with Gasteiger partial charge in [-0.3, -0.25) is 9.59 Å². The molecule has 0 atom stereocenters. The lowest BCUT2D eigenvalue weighted by atomic mass is 9.98. The lowest BCUT2D eigenvalue weighted by Gasteiger charge is -2.21. The summed E-state index contributed by atoms with van der Waals surface area (Å²) in [5.41, 5.74) is 5.21. The number of amides is 2. The van der Waals surface area contributed by atoms with Crippen molar-refractivity contribution >= 4 is 29.0 Å². The van der Waals surface area contributed by atoms with Gasteiger partial charge in [0, 0.05) is 6.54 Å². The van der Waals surface area contributed by atoms with Gasteiger partial charge in [0.25, 0.3) is 0 Å². The van der Waals surface area contributed by atoms with Crippen LogP contribution in [0.1, 0.15) is 32.1 Å². The first kappa shape index (κ1) is 15.8. The van der Waals surface area contributed by atoms with Gasteiger partial charge in [0.2, 0.25) is 0 Å². The number of carbonyl (C=O) groups excluding carboxylic acids is 2. The van der Waals surface area contributed by atoms with E-state index in [0.29, 0.717) is 19.3 Å². The number of hydrogen-bond donors (Lipinski definition) is 3. The van der Waals surface area contributed by atoms with E-state index in [9.17, 15) is 9.59 Å². The van der Waals surface area contributed by atoms with Crippen molar-refractivity contribution in [2.45, 2.75) is 38.2 Å². The average molecular weight is 287 g/mol. The molecule has 6 nitrogen and oxygen atoms in total. The zero-order chi connectivity index (χ0) is 14.1. The van der Waals surface area contributed by atoms with Crippen LogP contribution in [0, 0.1) is 0 Å². The molecule has 0 unspecified atom stereocenters. The number of nitrogens with two attached hydrogens (primary N) is 1. The number of carbonyl (C=O) groups is 2. The van der Waals surface area contributed by atoms with E-state index >= 15 is 0 Å². The molecule has 1 aliphatic carbocycles. The van der Waals surface area contributed by atoms with E-state index in [0.717, 1.165) is 12.8 Å². The first-order valence-electron chi connectivity index (χ1n) is 6.55. The summed E-state index contributed by atoms with van der Waals surface area (Å²) in [4.78, 5) is 22.7. The van der Waals surface area contributed by atoms with E-state index in [4.69, 9.17) is 10.5 Å². The Morgan fingerprint density at radius 3 is 2.42 bits per heavy atom. The maximum Gasteiger partial charge on any atom is 0.309 e. The number of hydrogen-bond acceptors (Lipinski definition) is 4. The molecule has 0 radical (unpaired) electrons. The fourth-order valence-corrected chi connectivity index (χ4v) is 2.02. The van der Waals surface area contributed by atoms with E-state index in [1.165, 1.54) is 19.3 Å². The summed E-state index contributed by atoms with van der Waals surface area (Å²) < 4.78 is 5.62. The van der Waals surface area contributed by atoms with Gasteiger partial charge in [-0.25, -0.2) is 0 Å². The van der Waals surface area contributed by atoms with Gasteiger partial charge in [-0.15, -0.1) is 0 Å². The Kier molecular flexibility index (Phi) is 7.35. The topological polar surface area (TPSA) is 93.5 Å². The van der Waals surface area contributed by atoms with Crippen LogP contribution in [0.2, 0.25) is 0 Å². The third-order valence-electron chi connectivity index (χ3n) is 2.92. The van der Waals surface area contributed by atoms with E-state index in [1.54, 1.807) is 0 Å². The first-order valence-corrected chi connectivity index (χ1v) is 6.96. The maximum absolute atomic E-state index is 11.3. The third kappa shape index (κ3) is 7.07. The highest BCUT2D eigenvalue weighted by atomic mass is 32.1. The van der Waals surface area contributed by atoms with Gasteiger partial charge in [0.1, 0.15) is 0 Å². The van der Waals surface area contributed by atoms with Gasteiger partial charge in [0.05, 0.1) is 24.2 Å². The molecule has 1 aliphatic rings. The standard InChI is InChI=1S/C12H21N3O3S/c13-10(19)8-15-12(17)11(16)14-6-7-18-9-4-2-1-3-5-9/h9H,1-8H2,(H2,13,19)(H,14,16)(H,15,17). The molecule has 0 bridgehead atoms. The summed E-state index contributed by atoms with van der Waals surface area (Å²) >= 11 is 4.59. The second-order valence-corrected chi connectivity index (χ2v) is 5.06. The van der Waals surface area contributed by atoms with Crippen LogP contribution < -0.4 is 16.4 Å². The zero-order valence-electron chi connectivity index (χ0n) is 10.9. The van der Waals surface area contributed by atoms with E-state index in [-0.39, 0.29) is 11.5 Å². The molecule has 2 amide bonds. The van der Waals surface area contributed by atoms with Gasteiger partial charge in [-0.2, -0.15) is 0 Å². The van der Waals surface area contributed by atoms with Gasteiger partial charge in [-0.05, 0) is 12.8 Å². The monoisotopic (exact) mass is 287 g/mol. The van der Waals surface area contributed by atoms with Crippen LogP contribution in [-0.4, -0.2) is 42.6 Å². The number of rotatable bonds is 6. The predicted octanol–water partition coefficient (Wildman–Crippen LogP) is -0.146. The van der Waals surface area contributed by atoms with Crippen LogP contribution in [0.4, 0.5) is 0 Å². The molecule has 7 heteroatoms. The van der Waals surface area contributed by atoms with Crippen LogP contribution in [0.15, 0.2) is 0 Å². The molecular weight excluding hydrogens is 266 g/mol. The Hall–Kier alpha value is -1.21. The van der Waals surface area contributed by atoms with Crippen molar-refractivity contribution in [3.8, 4) is 0 Å². The maximum atomic E-state index is 11.3. The Morgan fingerprint density at radius 1 is 1.16 bits per heavy atom. The van der Waals surface area contributed by atoms with Gasteiger partial charge in [0.15, 0.2) is 0 Å². The fraction of sp³-hybridized carbons (Fsp3) is 0.750. The zero-order valence-corrected chi connectivity index (χ0v) is 11.8. The quantitative estimate of drug-likeness (QED) is 0.359. The molecule has 0 aliphatic heterocycles. The lowest BCUT2D eigenvalue weighted by Crippen LogP contribution is -2.43. The minimum Gasteiger partial charge on any atom is -0.392 e. The van der Waals surface area contributed by atoms with Crippen molar-refractivity contribution in [1.82, 2.24) is 10.6 Å². The number of ether oxygens (including phenoxy) is 1. The van der Waals surface area contributed by atoms with Crippen LogP contribution in [0.5, 0.6) is 0 Å². The molecule has 0 aromatic heterocycles. The Bertz CT molecular complexity index is 330. The van der Waals surface area contributed by atoms with Crippen LogP contribution in [0.25, 0.3) is 0 Å². The summed E-state index contributed by atoms with van der Waals surface area (Å²) in [5, 5.41) is 4.80.